The molecule has 0 aliphatic heterocycles. The number of nitrogens with zero attached hydrogens (tertiary/aromatic N) is 1. The average Bonchev–Trinajstić information content (AvgIpc) is 2.67. The summed E-state index contributed by atoms with van der Waals surface area (Å²) < 4.78 is 11.7. The van der Waals surface area contributed by atoms with Gasteiger partial charge >= 0.3 is 0 Å². The minimum absolute atomic E-state index is 0.0934. The van der Waals surface area contributed by atoms with Crippen LogP contribution in [-0.4, -0.2) is 23.1 Å². The van der Waals surface area contributed by atoms with Crippen molar-refractivity contribution in [1.29, 1.82) is 0 Å². The van der Waals surface area contributed by atoms with Crippen molar-refractivity contribution >= 4 is 16.6 Å². The zero-order valence-corrected chi connectivity index (χ0v) is 17.5. The number of allylic oxidation sites excluding steroid dienone is 1. The van der Waals surface area contributed by atoms with Crippen LogP contribution >= 0.6 is 0 Å². The Labute approximate surface area is 170 Å². The van der Waals surface area contributed by atoms with Crippen LogP contribution in [0.5, 0.6) is 11.5 Å². The second-order valence-corrected chi connectivity index (χ2v) is 7.31. The lowest BCUT2D eigenvalue weighted by atomic mass is 10.1. The van der Waals surface area contributed by atoms with Crippen molar-refractivity contribution in [1.82, 2.24) is 4.98 Å². The van der Waals surface area contributed by atoms with Gasteiger partial charge in [-0.25, -0.2) is 0 Å². The minimum atomic E-state index is -0.496. The Morgan fingerprint density at radius 2 is 1.83 bits per heavy atom. The number of ether oxygens (including phenoxy) is 2. The fourth-order valence-electron chi connectivity index (χ4n) is 2.97. The summed E-state index contributed by atoms with van der Waals surface area (Å²) in [4.78, 5) is 25.8. The highest BCUT2D eigenvalue weighted by molar-refractivity contribution is 5.88. The molecule has 158 valence electrons. The van der Waals surface area contributed by atoms with E-state index < -0.39 is 10.5 Å². The van der Waals surface area contributed by atoms with Gasteiger partial charge in [0.25, 0.3) is 11.2 Å². The van der Waals surface area contributed by atoms with Gasteiger partial charge in [-0.2, -0.15) is 0 Å². The highest BCUT2D eigenvalue weighted by Crippen LogP contribution is 2.33. The number of fused-ring (bicyclic) bond motifs is 1. The lowest BCUT2D eigenvalue weighted by Gasteiger charge is -2.14. The third kappa shape index (κ3) is 6.62. The van der Waals surface area contributed by atoms with E-state index in [0.29, 0.717) is 23.3 Å². The van der Waals surface area contributed by atoms with Gasteiger partial charge in [-0.1, -0.05) is 44.6 Å². The monoisotopic (exact) mass is 402 g/mol. The predicted octanol–water partition coefficient (Wildman–Crippen LogP) is 5.52. The molecule has 0 fully saturated rings. The molecule has 29 heavy (non-hydrogen) atoms. The number of H-pyrrole nitrogens is 1. The quantitative estimate of drug-likeness (QED) is 0.218. The molecule has 0 radical (unpaired) electrons. The third-order valence-corrected chi connectivity index (χ3v) is 4.58. The van der Waals surface area contributed by atoms with Crippen LogP contribution in [0.2, 0.25) is 0 Å². The summed E-state index contributed by atoms with van der Waals surface area (Å²) in [6.07, 6.45) is 8.60. The fourth-order valence-corrected chi connectivity index (χ4v) is 2.97. The van der Waals surface area contributed by atoms with E-state index >= 15 is 0 Å². The second kappa shape index (κ2) is 11.2. The van der Waals surface area contributed by atoms with Crippen molar-refractivity contribution in [3.05, 3.63) is 50.3 Å². The van der Waals surface area contributed by atoms with Crippen molar-refractivity contribution in [3.8, 4) is 11.5 Å². The molecule has 0 saturated carbocycles. The van der Waals surface area contributed by atoms with Crippen LogP contribution in [0, 0.1) is 10.1 Å². The molecule has 1 heterocycles. The summed E-state index contributed by atoms with van der Waals surface area (Å²) in [5.41, 5.74) is 0.896. The molecule has 0 atom stereocenters. The molecule has 0 bridgehead atoms. The van der Waals surface area contributed by atoms with Crippen LogP contribution in [0.4, 0.5) is 5.69 Å². The number of nitro groups is 1. The number of aromatic nitrogens is 1. The van der Waals surface area contributed by atoms with Crippen molar-refractivity contribution in [2.75, 3.05) is 13.2 Å². The van der Waals surface area contributed by atoms with Gasteiger partial charge in [-0.15, -0.1) is 0 Å². The molecule has 2 rings (SSSR count). The maximum Gasteiger partial charge on any atom is 0.294 e. The van der Waals surface area contributed by atoms with Crippen LogP contribution in [0.3, 0.4) is 0 Å². The van der Waals surface area contributed by atoms with Crippen LogP contribution < -0.4 is 15.0 Å². The van der Waals surface area contributed by atoms with E-state index in [4.69, 9.17) is 9.47 Å². The Hall–Kier alpha value is -2.83. The molecular weight excluding hydrogens is 372 g/mol. The number of non-ortho nitro benzene ring substituents is 1. The number of aromatic amines is 1. The summed E-state index contributed by atoms with van der Waals surface area (Å²) in [6, 6.07) is 4.31. The normalized spacial score (nSPS) is 10.7. The van der Waals surface area contributed by atoms with Gasteiger partial charge in [0, 0.05) is 17.5 Å². The third-order valence-electron chi connectivity index (χ3n) is 4.58. The first-order valence-electron chi connectivity index (χ1n) is 10.2. The van der Waals surface area contributed by atoms with Crippen LogP contribution in [0.25, 0.3) is 10.9 Å². The van der Waals surface area contributed by atoms with Gasteiger partial charge in [-0.3, -0.25) is 14.9 Å². The van der Waals surface area contributed by atoms with Gasteiger partial charge in [0.15, 0.2) is 5.75 Å². The summed E-state index contributed by atoms with van der Waals surface area (Å²) in [6.45, 7) is 6.80. The standard InChI is InChI=1S/C22H30N2O5/c1-4-5-6-7-8-9-13-28-21-20(29-14-12-16(2)3)18-11-10-17(24(26)27)15-19(18)23-22(21)25/h10-12,15H,4-9,13-14H2,1-3H3,(H,23,25). The summed E-state index contributed by atoms with van der Waals surface area (Å²) in [7, 11) is 0. The second-order valence-electron chi connectivity index (χ2n) is 7.31. The molecule has 0 spiro atoms. The first kappa shape index (κ1) is 22.5. The van der Waals surface area contributed by atoms with E-state index in [0.717, 1.165) is 24.8 Å². The van der Waals surface area contributed by atoms with E-state index in [9.17, 15) is 14.9 Å². The molecular formula is C22H30N2O5. The van der Waals surface area contributed by atoms with Crippen molar-refractivity contribution in [2.45, 2.75) is 59.3 Å². The van der Waals surface area contributed by atoms with Crippen LogP contribution in [-0.2, 0) is 0 Å². The van der Waals surface area contributed by atoms with Gasteiger partial charge in [0.2, 0.25) is 5.75 Å². The lowest BCUT2D eigenvalue weighted by Crippen LogP contribution is -2.15. The molecule has 7 heteroatoms. The van der Waals surface area contributed by atoms with E-state index in [1.807, 2.05) is 19.9 Å². The molecule has 1 N–H and O–H groups in total. The van der Waals surface area contributed by atoms with E-state index in [1.54, 1.807) is 6.07 Å². The Morgan fingerprint density at radius 3 is 2.52 bits per heavy atom. The molecule has 0 aliphatic rings. The first-order valence-corrected chi connectivity index (χ1v) is 10.2. The van der Waals surface area contributed by atoms with E-state index in [2.05, 4.69) is 11.9 Å². The summed E-state index contributed by atoms with van der Waals surface area (Å²) in [5.74, 6) is 0.448. The molecule has 0 unspecified atom stereocenters. The van der Waals surface area contributed by atoms with Crippen LogP contribution in [0.15, 0.2) is 34.6 Å². The fraction of sp³-hybridized carbons (Fsp3) is 0.500. The molecule has 0 amide bonds. The molecule has 0 saturated heterocycles. The van der Waals surface area contributed by atoms with Gasteiger partial charge in [0.05, 0.1) is 17.0 Å². The SMILES string of the molecule is CCCCCCCCOc1c(OCC=C(C)C)c2ccc([N+](=O)[O-])cc2[nH]c1=O. The summed E-state index contributed by atoms with van der Waals surface area (Å²) in [5, 5.41) is 11.6. The Morgan fingerprint density at radius 1 is 1.10 bits per heavy atom. The van der Waals surface area contributed by atoms with Gasteiger partial charge in [-0.05, 0) is 32.4 Å². The Balaban J connectivity index is 2.25. The Kier molecular flexibility index (Phi) is 8.70. The lowest BCUT2D eigenvalue weighted by molar-refractivity contribution is -0.384. The minimum Gasteiger partial charge on any atom is -0.485 e. The number of hydrogen-bond donors (Lipinski definition) is 1. The number of unbranched alkanes of at least 4 members (excludes halogenated alkanes) is 5. The number of pyridine rings is 1. The largest absolute Gasteiger partial charge is 0.485 e. The molecule has 0 aliphatic carbocycles. The van der Waals surface area contributed by atoms with Gasteiger partial charge in [0.1, 0.15) is 6.61 Å². The zero-order chi connectivity index (χ0) is 21.2. The number of nitro benzene ring substituents is 1. The number of benzene rings is 1. The van der Waals surface area contributed by atoms with Gasteiger partial charge < -0.3 is 14.5 Å². The average molecular weight is 402 g/mol. The van der Waals surface area contributed by atoms with Crippen molar-refractivity contribution in [2.24, 2.45) is 0 Å². The molecule has 2 aromatic rings. The highest BCUT2D eigenvalue weighted by atomic mass is 16.6. The highest BCUT2D eigenvalue weighted by Gasteiger charge is 2.18. The van der Waals surface area contributed by atoms with Crippen LogP contribution in [0.1, 0.15) is 59.3 Å². The van der Waals surface area contributed by atoms with E-state index in [-0.39, 0.29) is 18.0 Å². The maximum absolute atomic E-state index is 12.6. The van der Waals surface area contributed by atoms with Crippen molar-refractivity contribution in [3.63, 3.8) is 0 Å². The zero-order valence-electron chi connectivity index (χ0n) is 17.5. The number of nitrogens with one attached hydrogen (secondary N) is 1. The summed E-state index contributed by atoms with van der Waals surface area (Å²) >= 11 is 0. The molecule has 1 aromatic heterocycles. The number of rotatable bonds is 12. The number of hydrogen-bond acceptors (Lipinski definition) is 5. The Bertz CT molecular complexity index is 913. The maximum atomic E-state index is 12.6. The topological polar surface area (TPSA) is 94.5 Å². The molecule has 7 nitrogen and oxygen atoms in total. The predicted molar refractivity (Wildman–Crippen MR) is 115 cm³/mol. The van der Waals surface area contributed by atoms with Crippen molar-refractivity contribution < 1.29 is 14.4 Å². The molecule has 1 aromatic carbocycles. The first-order chi connectivity index (χ1) is 13.9. The van der Waals surface area contributed by atoms with E-state index in [1.165, 1.54) is 31.4 Å². The smallest absolute Gasteiger partial charge is 0.294 e.